The summed E-state index contributed by atoms with van der Waals surface area (Å²) in [4.78, 5) is 22.0. The van der Waals surface area contributed by atoms with Gasteiger partial charge in [-0.3, -0.25) is 14.9 Å². The normalized spacial score (nSPS) is 11.0. The van der Waals surface area contributed by atoms with Crippen molar-refractivity contribution in [2.75, 3.05) is 7.11 Å². The van der Waals surface area contributed by atoms with Crippen molar-refractivity contribution in [3.8, 4) is 11.5 Å². The minimum Gasteiger partial charge on any atom is -0.504 e. The lowest BCUT2D eigenvalue weighted by Gasteiger charge is -2.07. The quantitative estimate of drug-likeness (QED) is 0.497. The van der Waals surface area contributed by atoms with Crippen LogP contribution >= 0.6 is 0 Å². The van der Waals surface area contributed by atoms with Gasteiger partial charge < -0.3 is 9.84 Å². The minimum absolute atomic E-state index is 0.00367. The molecule has 124 valence electrons. The molecule has 1 amide bonds. The lowest BCUT2D eigenvalue weighted by atomic mass is 10.1. The van der Waals surface area contributed by atoms with Gasteiger partial charge in [0.1, 0.15) is 0 Å². The maximum absolute atomic E-state index is 12.0. The molecule has 24 heavy (non-hydrogen) atoms. The molecule has 0 spiro atoms. The third-order valence-electron chi connectivity index (χ3n) is 3.26. The number of rotatable bonds is 5. The fourth-order valence-corrected chi connectivity index (χ4v) is 1.90. The third kappa shape index (κ3) is 3.86. The first-order valence-corrected chi connectivity index (χ1v) is 6.89. The molecule has 0 aliphatic heterocycles. The molecule has 0 bridgehead atoms. The third-order valence-corrected chi connectivity index (χ3v) is 3.26. The average Bonchev–Trinajstić information content (AvgIpc) is 2.59. The number of hydrazone groups is 1. The maximum atomic E-state index is 12.0. The second-order valence-corrected chi connectivity index (χ2v) is 4.83. The van der Waals surface area contributed by atoms with Gasteiger partial charge in [0.2, 0.25) is 0 Å². The van der Waals surface area contributed by atoms with Crippen LogP contribution in [0.4, 0.5) is 5.69 Å². The van der Waals surface area contributed by atoms with Crippen LogP contribution in [0.25, 0.3) is 0 Å². The minimum atomic E-state index is -0.539. The van der Waals surface area contributed by atoms with Gasteiger partial charge in [-0.25, -0.2) is 5.43 Å². The van der Waals surface area contributed by atoms with Gasteiger partial charge in [0.25, 0.3) is 11.6 Å². The molecule has 0 aromatic heterocycles. The Kier molecular flexibility index (Phi) is 5.10. The molecular weight excluding hydrogens is 314 g/mol. The van der Waals surface area contributed by atoms with Crippen molar-refractivity contribution >= 4 is 17.3 Å². The zero-order valence-electron chi connectivity index (χ0n) is 13.0. The molecule has 2 N–H and O–H groups in total. The van der Waals surface area contributed by atoms with E-state index in [1.54, 1.807) is 19.1 Å². The Morgan fingerprint density at radius 3 is 2.42 bits per heavy atom. The Bertz CT molecular complexity index is 800. The lowest BCUT2D eigenvalue weighted by molar-refractivity contribution is -0.384. The number of hydrogen-bond acceptors (Lipinski definition) is 6. The molecule has 0 saturated carbocycles. The first-order valence-electron chi connectivity index (χ1n) is 6.89. The summed E-state index contributed by atoms with van der Waals surface area (Å²) >= 11 is 0. The van der Waals surface area contributed by atoms with E-state index in [0.717, 1.165) is 0 Å². The van der Waals surface area contributed by atoms with E-state index < -0.39 is 10.8 Å². The number of nitro benzene ring substituents is 1. The van der Waals surface area contributed by atoms with Gasteiger partial charge in [0.15, 0.2) is 11.5 Å². The monoisotopic (exact) mass is 329 g/mol. The van der Waals surface area contributed by atoms with E-state index in [2.05, 4.69) is 10.5 Å². The van der Waals surface area contributed by atoms with Crippen LogP contribution in [0.2, 0.25) is 0 Å². The Balaban J connectivity index is 2.11. The Labute approximate surface area is 137 Å². The molecule has 0 fully saturated rings. The molecule has 0 unspecified atom stereocenters. The first kappa shape index (κ1) is 16.9. The van der Waals surface area contributed by atoms with Crippen molar-refractivity contribution in [1.82, 2.24) is 5.43 Å². The zero-order valence-corrected chi connectivity index (χ0v) is 13.0. The Morgan fingerprint density at radius 2 is 1.83 bits per heavy atom. The number of hydrogen-bond donors (Lipinski definition) is 2. The fourth-order valence-electron chi connectivity index (χ4n) is 1.90. The molecule has 2 aromatic rings. The highest BCUT2D eigenvalue weighted by Crippen LogP contribution is 2.26. The van der Waals surface area contributed by atoms with Crippen LogP contribution in [0.3, 0.4) is 0 Å². The molecule has 0 atom stereocenters. The summed E-state index contributed by atoms with van der Waals surface area (Å²) < 4.78 is 5.01. The van der Waals surface area contributed by atoms with Gasteiger partial charge in [-0.05, 0) is 37.3 Å². The van der Waals surface area contributed by atoms with Crippen molar-refractivity contribution in [2.45, 2.75) is 6.92 Å². The molecule has 0 aliphatic rings. The van der Waals surface area contributed by atoms with Crippen LogP contribution < -0.4 is 10.2 Å². The van der Waals surface area contributed by atoms with Crippen molar-refractivity contribution in [3.05, 3.63) is 63.7 Å². The van der Waals surface area contributed by atoms with Crippen LogP contribution in [-0.4, -0.2) is 28.8 Å². The topological polar surface area (TPSA) is 114 Å². The molecule has 0 aliphatic carbocycles. The highest BCUT2D eigenvalue weighted by atomic mass is 16.6. The van der Waals surface area contributed by atoms with Crippen molar-refractivity contribution in [2.24, 2.45) is 5.10 Å². The van der Waals surface area contributed by atoms with E-state index in [4.69, 9.17) is 4.74 Å². The number of carbonyl (C=O) groups excluding carboxylic acids is 1. The second-order valence-electron chi connectivity index (χ2n) is 4.83. The van der Waals surface area contributed by atoms with Gasteiger partial charge in [0.05, 0.1) is 17.7 Å². The van der Waals surface area contributed by atoms with Crippen LogP contribution in [0.15, 0.2) is 47.6 Å². The number of aromatic hydroxyl groups is 1. The number of carbonyl (C=O) groups is 1. The van der Waals surface area contributed by atoms with Crippen LogP contribution in [0.5, 0.6) is 11.5 Å². The van der Waals surface area contributed by atoms with Crippen LogP contribution in [0.1, 0.15) is 22.8 Å². The number of nitrogens with one attached hydrogen (secondary N) is 1. The highest BCUT2D eigenvalue weighted by Gasteiger charge is 2.10. The lowest BCUT2D eigenvalue weighted by Crippen LogP contribution is -2.19. The Morgan fingerprint density at radius 1 is 1.21 bits per heavy atom. The van der Waals surface area contributed by atoms with E-state index in [0.29, 0.717) is 17.0 Å². The summed E-state index contributed by atoms with van der Waals surface area (Å²) in [5, 5.41) is 24.1. The summed E-state index contributed by atoms with van der Waals surface area (Å²) in [5.74, 6) is -0.192. The number of benzene rings is 2. The number of ether oxygens (including phenoxy) is 1. The molecular formula is C16H15N3O5. The first-order chi connectivity index (χ1) is 11.4. The summed E-state index contributed by atoms with van der Waals surface area (Å²) in [5.41, 5.74) is 3.69. The maximum Gasteiger partial charge on any atom is 0.271 e. The number of phenolic OH excluding ortho intramolecular Hbond substituents is 1. The van der Waals surface area contributed by atoms with Crippen LogP contribution in [0, 0.1) is 10.1 Å². The SMILES string of the molecule is COc1cc(C(C)=NNC(=O)c2ccc([N+](=O)[O-])cc2)ccc1O. The molecule has 8 nitrogen and oxygen atoms in total. The Hall–Kier alpha value is -3.42. The largest absolute Gasteiger partial charge is 0.504 e. The van der Waals surface area contributed by atoms with E-state index in [-0.39, 0.29) is 17.0 Å². The zero-order chi connectivity index (χ0) is 17.7. The molecule has 2 aromatic carbocycles. The summed E-state index contributed by atoms with van der Waals surface area (Å²) in [6, 6.07) is 9.88. The van der Waals surface area contributed by atoms with Crippen LogP contribution in [-0.2, 0) is 0 Å². The number of methoxy groups -OCH3 is 1. The van der Waals surface area contributed by atoms with Gasteiger partial charge in [0, 0.05) is 23.3 Å². The smallest absolute Gasteiger partial charge is 0.271 e. The highest BCUT2D eigenvalue weighted by molar-refractivity contribution is 6.01. The standard InChI is InChI=1S/C16H15N3O5/c1-10(12-5-8-14(20)15(9-12)24-2)17-18-16(21)11-3-6-13(7-4-11)19(22)23/h3-9,20H,1-2H3,(H,18,21). The molecule has 2 rings (SSSR count). The summed E-state index contributed by atoms with van der Waals surface area (Å²) in [7, 11) is 1.43. The van der Waals surface area contributed by atoms with Gasteiger partial charge >= 0.3 is 0 Å². The summed E-state index contributed by atoms with van der Waals surface area (Å²) in [6.45, 7) is 1.68. The molecule has 8 heteroatoms. The number of amides is 1. The predicted molar refractivity (Wildman–Crippen MR) is 87.4 cm³/mol. The van der Waals surface area contributed by atoms with Gasteiger partial charge in [-0.2, -0.15) is 5.10 Å². The van der Waals surface area contributed by atoms with Gasteiger partial charge in [-0.15, -0.1) is 0 Å². The van der Waals surface area contributed by atoms with Crippen molar-refractivity contribution in [3.63, 3.8) is 0 Å². The summed E-state index contributed by atoms with van der Waals surface area (Å²) in [6.07, 6.45) is 0. The van der Waals surface area contributed by atoms with E-state index in [1.165, 1.54) is 37.4 Å². The van der Waals surface area contributed by atoms with Gasteiger partial charge in [-0.1, -0.05) is 0 Å². The average molecular weight is 329 g/mol. The number of phenols is 1. The molecule has 0 saturated heterocycles. The molecule has 0 heterocycles. The van der Waals surface area contributed by atoms with Crippen molar-refractivity contribution in [1.29, 1.82) is 0 Å². The number of nitro groups is 1. The second kappa shape index (κ2) is 7.23. The number of nitrogens with zero attached hydrogens (tertiary/aromatic N) is 2. The predicted octanol–water partition coefficient (Wildman–Crippen LogP) is 2.46. The molecule has 0 radical (unpaired) electrons. The van der Waals surface area contributed by atoms with E-state index in [9.17, 15) is 20.0 Å². The fraction of sp³-hybridized carbons (Fsp3) is 0.125. The van der Waals surface area contributed by atoms with Crippen molar-refractivity contribution < 1.29 is 19.6 Å². The number of non-ortho nitro benzene ring substituents is 1. The van der Waals surface area contributed by atoms with E-state index in [1.807, 2.05) is 0 Å². The van der Waals surface area contributed by atoms with E-state index >= 15 is 0 Å².